The van der Waals surface area contributed by atoms with Crippen molar-refractivity contribution in [2.24, 2.45) is 0 Å². The van der Waals surface area contributed by atoms with Gasteiger partial charge in [-0.15, -0.1) is 0 Å². The average Bonchev–Trinajstić information content (AvgIpc) is 2.73. The number of hydrogen-bond donors (Lipinski definition) is 1. The highest BCUT2D eigenvalue weighted by molar-refractivity contribution is 5.95. The molecule has 27 heavy (non-hydrogen) atoms. The van der Waals surface area contributed by atoms with E-state index in [2.05, 4.69) is 15.2 Å². The van der Waals surface area contributed by atoms with Crippen molar-refractivity contribution in [3.63, 3.8) is 0 Å². The largest absolute Gasteiger partial charge is 0.497 e. The average molecular weight is 368 g/mol. The molecule has 2 aromatic rings. The van der Waals surface area contributed by atoms with Crippen LogP contribution in [0, 0.1) is 0 Å². The third-order valence-electron chi connectivity index (χ3n) is 4.78. The molecule has 0 aliphatic carbocycles. The van der Waals surface area contributed by atoms with Crippen LogP contribution in [0.25, 0.3) is 0 Å². The number of hydrogen-bond acceptors (Lipinski definition) is 5. The first-order valence-corrected chi connectivity index (χ1v) is 8.98. The van der Waals surface area contributed by atoms with Crippen molar-refractivity contribution >= 4 is 17.6 Å². The van der Waals surface area contributed by atoms with Crippen molar-refractivity contribution < 1.29 is 14.3 Å². The van der Waals surface area contributed by atoms with Gasteiger partial charge in [0.05, 0.1) is 13.2 Å². The van der Waals surface area contributed by atoms with E-state index in [1.807, 2.05) is 17.9 Å². The Kier molecular flexibility index (Phi) is 6.03. The maximum atomic E-state index is 12.6. The lowest BCUT2D eigenvalue weighted by Crippen LogP contribution is -2.54. The summed E-state index contributed by atoms with van der Waals surface area (Å²) in [5, 5.41) is 2.83. The van der Waals surface area contributed by atoms with Crippen LogP contribution in [0.3, 0.4) is 0 Å². The van der Waals surface area contributed by atoms with Gasteiger partial charge < -0.3 is 15.0 Å². The molecule has 1 aliphatic rings. The zero-order valence-corrected chi connectivity index (χ0v) is 15.6. The van der Waals surface area contributed by atoms with Crippen LogP contribution < -0.4 is 10.1 Å². The number of anilines is 1. The lowest BCUT2D eigenvalue weighted by Gasteiger charge is -2.37. The summed E-state index contributed by atoms with van der Waals surface area (Å²) < 4.78 is 5.13. The third kappa shape index (κ3) is 4.62. The monoisotopic (exact) mass is 368 g/mol. The fraction of sp³-hybridized carbons (Fsp3) is 0.350. The van der Waals surface area contributed by atoms with E-state index in [4.69, 9.17) is 4.74 Å². The van der Waals surface area contributed by atoms with Gasteiger partial charge in [0, 0.05) is 37.9 Å². The van der Waals surface area contributed by atoms with Crippen molar-refractivity contribution in [1.29, 1.82) is 0 Å². The van der Waals surface area contributed by atoms with Gasteiger partial charge in [-0.3, -0.25) is 14.5 Å². The summed E-state index contributed by atoms with van der Waals surface area (Å²) in [6.45, 7) is 4.36. The van der Waals surface area contributed by atoms with E-state index in [1.54, 1.807) is 49.7 Å². The molecular weight excluding hydrogens is 344 g/mol. The summed E-state index contributed by atoms with van der Waals surface area (Å²) >= 11 is 0. The normalized spacial score (nSPS) is 15.9. The topological polar surface area (TPSA) is 74.8 Å². The van der Waals surface area contributed by atoms with Crippen LogP contribution in [0.2, 0.25) is 0 Å². The summed E-state index contributed by atoms with van der Waals surface area (Å²) in [4.78, 5) is 33.1. The summed E-state index contributed by atoms with van der Waals surface area (Å²) in [7, 11) is 1.60. The van der Waals surface area contributed by atoms with E-state index >= 15 is 0 Å². The Morgan fingerprint density at radius 3 is 2.37 bits per heavy atom. The number of carbonyl (C=O) groups is 2. The van der Waals surface area contributed by atoms with Gasteiger partial charge in [-0.2, -0.15) is 0 Å². The highest BCUT2D eigenvalue weighted by Gasteiger charge is 2.28. The molecule has 1 aromatic heterocycles. The molecular formula is C20H24N4O3. The van der Waals surface area contributed by atoms with Crippen LogP contribution >= 0.6 is 0 Å². The molecule has 0 saturated carbocycles. The number of aromatic nitrogens is 1. The van der Waals surface area contributed by atoms with Crippen LogP contribution in [0.5, 0.6) is 5.75 Å². The van der Waals surface area contributed by atoms with Crippen LogP contribution in [0.15, 0.2) is 48.7 Å². The first-order chi connectivity index (χ1) is 13.1. The number of pyridine rings is 1. The van der Waals surface area contributed by atoms with Gasteiger partial charge in [-0.25, -0.2) is 4.98 Å². The summed E-state index contributed by atoms with van der Waals surface area (Å²) in [5.74, 6) is 1.18. The molecule has 142 valence electrons. The highest BCUT2D eigenvalue weighted by Crippen LogP contribution is 2.15. The second-order valence-corrected chi connectivity index (χ2v) is 6.44. The molecule has 1 saturated heterocycles. The minimum absolute atomic E-state index is 0.00268. The quantitative estimate of drug-likeness (QED) is 0.872. The molecule has 3 rings (SSSR count). The number of nitrogens with one attached hydrogen (secondary N) is 1. The van der Waals surface area contributed by atoms with E-state index in [0.717, 1.165) is 5.75 Å². The number of ether oxygens (including phenoxy) is 1. The minimum atomic E-state index is -0.287. The fourth-order valence-corrected chi connectivity index (χ4v) is 3.06. The number of rotatable bonds is 5. The Hall–Kier alpha value is -2.93. The maximum absolute atomic E-state index is 12.6. The second kappa shape index (κ2) is 8.64. The number of amides is 2. The van der Waals surface area contributed by atoms with Crippen molar-refractivity contribution in [2.75, 3.05) is 38.6 Å². The Morgan fingerprint density at radius 2 is 1.78 bits per heavy atom. The molecule has 1 fully saturated rings. The molecule has 1 aromatic carbocycles. The van der Waals surface area contributed by atoms with Gasteiger partial charge in [0.15, 0.2) is 0 Å². The molecule has 1 atom stereocenters. The van der Waals surface area contributed by atoms with Crippen molar-refractivity contribution in [1.82, 2.24) is 14.8 Å². The van der Waals surface area contributed by atoms with E-state index in [-0.39, 0.29) is 17.9 Å². The minimum Gasteiger partial charge on any atom is -0.497 e. The van der Waals surface area contributed by atoms with Gasteiger partial charge in [-0.1, -0.05) is 6.07 Å². The van der Waals surface area contributed by atoms with Crippen molar-refractivity contribution in [3.8, 4) is 5.75 Å². The molecule has 0 radical (unpaired) electrons. The zero-order chi connectivity index (χ0) is 19.2. The molecule has 0 spiro atoms. The zero-order valence-electron chi connectivity index (χ0n) is 15.6. The van der Waals surface area contributed by atoms with E-state index < -0.39 is 0 Å². The van der Waals surface area contributed by atoms with Gasteiger partial charge in [0.2, 0.25) is 5.91 Å². The van der Waals surface area contributed by atoms with Crippen LogP contribution in [-0.4, -0.2) is 65.9 Å². The van der Waals surface area contributed by atoms with E-state index in [1.165, 1.54) is 0 Å². The first-order valence-electron chi connectivity index (χ1n) is 8.98. The van der Waals surface area contributed by atoms with Crippen molar-refractivity contribution in [3.05, 3.63) is 54.2 Å². The second-order valence-electron chi connectivity index (χ2n) is 6.44. The highest BCUT2D eigenvalue weighted by atomic mass is 16.5. The molecule has 7 heteroatoms. The number of piperazine rings is 1. The molecule has 2 amide bonds. The van der Waals surface area contributed by atoms with Gasteiger partial charge in [0.1, 0.15) is 11.6 Å². The lowest BCUT2D eigenvalue weighted by molar-refractivity contribution is -0.121. The molecule has 2 heterocycles. The third-order valence-corrected chi connectivity index (χ3v) is 4.78. The molecule has 7 nitrogen and oxygen atoms in total. The Bertz CT molecular complexity index is 772. The number of methoxy groups -OCH3 is 1. The van der Waals surface area contributed by atoms with Crippen LogP contribution in [0.1, 0.15) is 17.3 Å². The Balaban J connectivity index is 1.53. The maximum Gasteiger partial charge on any atom is 0.253 e. The Labute approximate surface area is 158 Å². The van der Waals surface area contributed by atoms with Gasteiger partial charge in [0.25, 0.3) is 5.91 Å². The fourth-order valence-electron chi connectivity index (χ4n) is 3.06. The van der Waals surface area contributed by atoms with Crippen LogP contribution in [-0.2, 0) is 4.79 Å². The number of benzene rings is 1. The van der Waals surface area contributed by atoms with Crippen LogP contribution in [0.4, 0.5) is 5.82 Å². The van der Waals surface area contributed by atoms with Gasteiger partial charge in [-0.05, 0) is 43.3 Å². The molecule has 1 aliphatic heterocycles. The van der Waals surface area contributed by atoms with Gasteiger partial charge >= 0.3 is 0 Å². The smallest absolute Gasteiger partial charge is 0.253 e. The Morgan fingerprint density at radius 1 is 1.07 bits per heavy atom. The number of carbonyl (C=O) groups excluding carboxylic acids is 2. The lowest BCUT2D eigenvalue weighted by atomic mass is 10.1. The standard InChI is InChI=1S/C20H24N4O3/c1-15(19(25)22-18-5-3-4-10-21-18)23-11-13-24(14-12-23)20(26)16-6-8-17(27-2)9-7-16/h3-10,15H,11-14H2,1-2H3,(H,21,22,25). The van der Waals surface area contributed by atoms with E-state index in [0.29, 0.717) is 37.6 Å². The first kappa shape index (κ1) is 18.8. The SMILES string of the molecule is COc1ccc(C(=O)N2CCN(C(C)C(=O)Nc3ccccn3)CC2)cc1. The molecule has 1 unspecified atom stereocenters. The summed E-state index contributed by atoms with van der Waals surface area (Å²) in [6, 6.07) is 12.2. The predicted molar refractivity (Wildman–Crippen MR) is 103 cm³/mol. The predicted octanol–water partition coefficient (Wildman–Crippen LogP) is 1.88. The summed E-state index contributed by atoms with van der Waals surface area (Å²) in [6.07, 6.45) is 1.64. The molecule has 0 bridgehead atoms. The summed E-state index contributed by atoms with van der Waals surface area (Å²) in [5.41, 5.74) is 0.644. The van der Waals surface area contributed by atoms with E-state index in [9.17, 15) is 9.59 Å². The molecule has 1 N–H and O–H groups in total. The number of nitrogens with zero attached hydrogens (tertiary/aromatic N) is 3. The van der Waals surface area contributed by atoms with Crippen molar-refractivity contribution in [2.45, 2.75) is 13.0 Å².